The number of fused-ring (bicyclic) bond motifs is 1. The molecule has 2 atom stereocenters. The lowest BCUT2D eigenvalue weighted by atomic mass is 9.75. The van der Waals surface area contributed by atoms with Crippen molar-refractivity contribution in [1.29, 1.82) is 0 Å². The van der Waals surface area contributed by atoms with E-state index in [9.17, 15) is 4.79 Å². The molecule has 0 aliphatic carbocycles. The molecule has 0 saturated carbocycles. The minimum Gasteiger partial charge on any atom is -0.377 e. The number of thiazole rings is 1. The highest BCUT2D eigenvalue weighted by atomic mass is 32.1. The van der Waals surface area contributed by atoms with Crippen LogP contribution in [0.15, 0.2) is 11.6 Å². The molecule has 0 aromatic carbocycles. The Balaban J connectivity index is 1.53. The van der Waals surface area contributed by atoms with Gasteiger partial charge in [0.05, 0.1) is 31.2 Å². The zero-order chi connectivity index (χ0) is 15.0. The molecule has 7 heteroatoms. The topological polar surface area (TPSA) is 54.9 Å². The third-order valence-corrected chi connectivity index (χ3v) is 5.71. The summed E-state index contributed by atoms with van der Waals surface area (Å²) < 4.78 is 5.88. The summed E-state index contributed by atoms with van der Waals surface area (Å²) in [5.74, 6) is 0.122. The molecule has 3 fully saturated rings. The van der Waals surface area contributed by atoms with Gasteiger partial charge in [-0.05, 0) is 19.3 Å². The lowest BCUT2D eigenvalue weighted by molar-refractivity contribution is -0.187. The first-order chi connectivity index (χ1) is 10.8. The molecule has 4 rings (SSSR count). The number of piperidine rings is 1. The maximum atomic E-state index is 13.0. The van der Waals surface area contributed by atoms with Crippen LogP contribution in [0, 0.1) is 5.41 Å². The van der Waals surface area contributed by atoms with Gasteiger partial charge < -0.3 is 4.74 Å². The summed E-state index contributed by atoms with van der Waals surface area (Å²) in [4.78, 5) is 25.3. The molecule has 3 saturated heterocycles. The molecule has 1 aromatic heterocycles. The third kappa shape index (κ3) is 2.46. The van der Waals surface area contributed by atoms with Crippen molar-refractivity contribution in [3.05, 3.63) is 16.6 Å². The van der Waals surface area contributed by atoms with Crippen molar-refractivity contribution < 1.29 is 14.4 Å². The van der Waals surface area contributed by atoms with Crippen LogP contribution in [0.5, 0.6) is 0 Å². The van der Waals surface area contributed by atoms with Crippen LogP contribution in [0.3, 0.4) is 0 Å². The Morgan fingerprint density at radius 1 is 1.45 bits per heavy atom. The van der Waals surface area contributed by atoms with Gasteiger partial charge in [-0.1, -0.05) is 0 Å². The minimum absolute atomic E-state index is 0.0387. The average molecular weight is 323 g/mol. The van der Waals surface area contributed by atoms with Gasteiger partial charge in [0, 0.05) is 31.3 Å². The van der Waals surface area contributed by atoms with Crippen molar-refractivity contribution in [1.82, 2.24) is 14.9 Å². The average Bonchev–Trinajstić information content (AvgIpc) is 3.27. The van der Waals surface area contributed by atoms with Crippen molar-refractivity contribution in [3.63, 3.8) is 0 Å². The van der Waals surface area contributed by atoms with Crippen molar-refractivity contribution in [2.24, 2.45) is 5.41 Å². The Morgan fingerprint density at radius 2 is 2.41 bits per heavy atom. The van der Waals surface area contributed by atoms with E-state index in [0.717, 1.165) is 43.9 Å². The molecule has 22 heavy (non-hydrogen) atoms. The number of carbonyl (C=O) groups excluding carboxylic acids is 1. The summed E-state index contributed by atoms with van der Waals surface area (Å²) in [5, 5.41) is 4.69. The van der Waals surface area contributed by atoms with E-state index in [4.69, 9.17) is 9.57 Å². The number of nitrogens with zero attached hydrogens (tertiary/aromatic N) is 3. The van der Waals surface area contributed by atoms with Crippen LogP contribution in [-0.4, -0.2) is 59.8 Å². The fourth-order valence-corrected chi connectivity index (χ4v) is 4.51. The molecule has 0 N–H and O–H groups in total. The number of hydroxylamine groups is 2. The number of ether oxygens (including phenoxy) is 1. The Kier molecular flexibility index (Phi) is 3.89. The molecule has 3 aliphatic rings. The molecule has 3 aliphatic heterocycles. The quantitative estimate of drug-likeness (QED) is 0.839. The highest BCUT2D eigenvalue weighted by molar-refractivity contribution is 7.09. The van der Waals surface area contributed by atoms with Gasteiger partial charge in [-0.3, -0.25) is 14.5 Å². The first kappa shape index (κ1) is 14.6. The second-order valence-corrected chi connectivity index (χ2v) is 7.26. The zero-order valence-corrected chi connectivity index (χ0v) is 13.4. The SMILES string of the molecule is O=C(N1CCCO1)[C@@]12CCO[C@@H]1CCN(Cc1nccs1)C2. The Bertz CT molecular complexity index is 532. The summed E-state index contributed by atoms with van der Waals surface area (Å²) in [7, 11) is 0. The highest BCUT2D eigenvalue weighted by Crippen LogP contribution is 2.43. The van der Waals surface area contributed by atoms with E-state index in [0.29, 0.717) is 19.8 Å². The predicted octanol–water partition coefficient (Wildman–Crippen LogP) is 1.29. The molecular formula is C15H21N3O3S. The number of amides is 1. The van der Waals surface area contributed by atoms with Gasteiger partial charge in [0.1, 0.15) is 5.01 Å². The minimum atomic E-state index is -0.431. The van der Waals surface area contributed by atoms with Crippen molar-refractivity contribution in [3.8, 4) is 0 Å². The molecular weight excluding hydrogens is 302 g/mol. The second kappa shape index (κ2) is 5.88. The van der Waals surface area contributed by atoms with Crippen LogP contribution in [0.1, 0.15) is 24.3 Å². The lowest BCUT2D eigenvalue weighted by Crippen LogP contribution is -2.57. The van der Waals surface area contributed by atoms with Crippen LogP contribution in [0.25, 0.3) is 0 Å². The van der Waals surface area contributed by atoms with E-state index < -0.39 is 5.41 Å². The number of aromatic nitrogens is 1. The number of likely N-dealkylation sites (tertiary alicyclic amines) is 1. The van der Waals surface area contributed by atoms with Gasteiger partial charge in [0.2, 0.25) is 0 Å². The number of rotatable bonds is 3. The van der Waals surface area contributed by atoms with Gasteiger partial charge in [-0.15, -0.1) is 11.3 Å². The van der Waals surface area contributed by atoms with Crippen molar-refractivity contribution >= 4 is 17.2 Å². The third-order valence-electron chi connectivity index (χ3n) is 4.94. The van der Waals surface area contributed by atoms with Crippen LogP contribution in [-0.2, 0) is 20.9 Å². The van der Waals surface area contributed by atoms with E-state index in [1.807, 2.05) is 11.6 Å². The highest BCUT2D eigenvalue weighted by Gasteiger charge is 2.55. The molecule has 0 spiro atoms. The Labute approximate surface area is 134 Å². The number of hydrogen-bond donors (Lipinski definition) is 0. The zero-order valence-electron chi connectivity index (χ0n) is 12.6. The molecule has 0 radical (unpaired) electrons. The molecule has 120 valence electrons. The first-order valence-electron chi connectivity index (χ1n) is 7.95. The van der Waals surface area contributed by atoms with E-state index in [-0.39, 0.29) is 12.0 Å². The molecule has 0 bridgehead atoms. The Morgan fingerprint density at radius 3 is 3.18 bits per heavy atom. The van der Waals surface area contributed by atoms with Crippen LogP contribution in [0.4, 0.5) is 0 Å². The molecule has 0 unspecified atom stereocenters. The van der Waals surface area contributed by atoms with Gasteiger partial charge in [0.15, 0.2) is 0 Å². The van der Waals surface area contributed by atoms with Crippen molar-refractivity contribution in [2.45, 2.75) is 31.9 Å². The standard InChI is InChI=1S/C15H21N3O3S/c19-14(18-5-1-7-21-18)15-3-8-20-12(15)2-6-17(11-15)10-13-16-4-9-22-13/h4,9,12H,1-3,5-8,10-11H2/t12-,15-/m1/s1. The molecule has 1 aromatic rings. The number of hydrogen-bond acceptors (Lipinski definition) is 6. The molecule has 6 nitrogen and oxygen atoms in total. The lowest BCUT2D eigenvalue weighted by Gasteiger charge is -2.43. The molecule has 4 heterocycles. The first-order valence-corrected chi connectivity index (χ1v) is 8.83. The number of carbonyl (C=O) groups is 1. The molecule has 1 amide bonds. The summed E-state index contributed by atoms with van der Waals surface area (Å²) in [5.41, 5.74) is -0.431. The van der Waals surface area contributed by atoms with E-state index >= 15 is 0 Å². The fourth-order valence-electron chi connectivity index (χ4n) is 3.85. The smallest absolute Gasteiger partial charge is 0.256 e. The second-order valence-electron chi connectivity index (χ2n) is 6.28. The van der Waals surface area contributed by atoms with Crippen molar-refractivity contribution in [2.75, 3.05) is 32.8 Å². The van der Waals surface area contributed by atoms with Gasteiger partial charge in [0.25, 0.3) is 5.91 Å². The summed E-state index contributed by atoms with van der Waals surface area (Å²) in [6, 6.07) is 0. The largest absolute Gasteiger partial charge is 0.377 e. The van der Waals surface area contributed by atoms with Crippen LogP contribution in [0.2, 0.25) is 0 Å². The van der Waals surface area contributed by atoms with Crippen LogP contribution < -0.4 is 0 Å². The normalized spacial score (nSPS) is 32.4. The van der Waals surface area contributed by atoms with Gasteiger partial charge in [-0.25, -0.2) is 10.0 Å². The summed E-state index contributed by atoms with van der Waals surface area (Å²) in [6.45, 7) is 4.56. The summed E-state index contributed by atoms with van der Waals surface area (Å²) >= 11 is 1.67. The van der Waals surface area contributed by atoms with Gasteiger partial charge >= 0.3 is 0 Å². The predicted molar refractivity (Wildman–Crippen MR) is 81.1 cm³/mol. The monoisotopic (exact) mass is 323 g/mol. The van der Waals surface area contributed by atoms with E-state index in [2.05, 4.69) is 9.88 Å². The van der Waals surface area contributed by atoms with Gasteiger partial charge in [-0.2, -0.15) is 0 Å². The summed E-state index contributed by atoms with van der Waals surface area (Å²) in [6.07, 6.45) is 4.51. The fraction of sp³-hybridized carbons (Fsp3) is 0.733. The maximum absolute atomic E-state index is 13.0. The van der Waals surface area contributed by atoms with E-state index in [1.54, 1.807) is 16.4 Å². The van der Waals surface area contributed by atoms with Crippen LogP contribution >= 0.6 is 11.3 Å². The maximum Gasteiger partial charge on any atom is 0.256 e. The van der Waals surface area contributed by atoms with E-state index in [1.165, 1.54) is 0 Å². The Hall–Kier alpha value is -1.02.